The highest BCUT2D eigenvalue weighted by Gasteiger charge is 2.68. The van der Waals surface area contributed by atoms with Crippen molar-refractivity contribution in [2.75, 3.05) is 12.0 Å². The van der Waals surface area contributed by atoms with E-state index >= 15 is 0 Å². The third kappa shape index (κ3) is 3.26. The lowest BCUT2D eigenvalue weighted by molar-refractivity contribution is -0.152. The number of benzene rings is 2. The Labute approximate surface area is 182 Å². The van der Waals surface area contributed by atoms with Crippen LogP contribution in [-0.2, 0) is 19.1 Å². The van der Waals surface area contributed by atoms with Crippen LogP contribution >= 0.6 is 0 Å². The van der Waals surface area contributed by atoms with Crippen LogP contribution in [0.2, 0.25) is 0 Å². The lowest BCUT2D eigenvalue weighted by Gasteiger charge is -2.32. The molecule has 31 heavy (non-hydrogen) atoms. The van der Waals surface area contributed by atoms with Crippen LogP contribution in [0.5, 0.6) is 0 Å². The molecule has 0 bridgehead atoms. The number of nitrogens with zero attached hydrogens (tertiary/aromatic N) is 1. The van der Waals surface area contributed by atoms with Crippen LogP contribution in [0.25, 0.3) is 0 Å². The Morgan fingerprint density at radius 3 is 2.13 bits per heavy atom. The van der Waals surface area contributed by atoms with E-state index in [-0.39, 0.29) is 11.8 Å². The summed E-state index contributed by atoms with van der Waals surface area (Å²) in [4.78, 5) is 41.7. The van der Waals surface area contributed by atoms with Gasteiger partial charge in [0.05, 0.1) is 24.6 Å². The Morgan fingerprint density at radius 1 is 1.00 bits per heavy atom. The van der Waals surface area contributed by atoms with E-state index in [1.165, 1.54) is 12.0 Å². The van der Waals surface area contributed by atoms with Crippen molar-refractivity contribution in [1.29, 1.82) is 0 Å². The number of carbonyl (C=O) groups excluding carboxylic acids is 3. The van der Waals surface area contributed by atoms with Crippen LogP contribution in [0.3, 0.4) is 0 Å². The van der Waals surface area contributed by atoms with E-state index in [1.54, 1.807) is 12.1 Å². The van der Waals surface area contributed by atoms with Gasteiger partial charge in [-0.25, -0.2) is 4.90 Å². The monoisotopic (exact) mass is 420 g/mol. The third-order valence-electron chi connectivity index (χ3n) is 6.58. The van der Waals surface area contributed by atoms with E-state index in [2.05, 4.69) is 5.32 Å². The number of esters is 1. The molecule has 162 valence electrons. The fourth-order valence-electron chi connectivity index (χ4n) is 5.11. The van der Waals surface area contributed by atoms with Gasteiger partial charge in [-0.1, -0.05) is 60.9 Å². The van der Waals surface area contributed by atoms with Crippen LogP contribution in [0.4, 0.5) is 5.69 Å². The molecule has 2 saturated heterocycles. The summed E-state index contributed by atoms with van der Waals surface area (Å²) >= 11 is 0. The van der Waals surface area contributed by atoms with E-state index in [0.29, 0.717) is 18.5 Å². The first-order valence-corrected chi connectivity index (χ1v) is 10.7. The number of aryl methyl sites for hydroxylation is 2. The van der Waals surface area contributed by atoms with Gasteiger partial charge >= 0.3 is 5.97 Å². The van der Waals surface area contributed by atoms with Crippen molar-refractivity contribution in [2.24, 2.45) is 11.8 Å². The Kier molecular flexibility index (Phi) is 5.43. The molecule has 0 saturated carbocycles. The molecule has 4 rings (SSSR count). The molecular weight excluding hydrogens is 392 g/mol. The highest BCUT2D eigenvalue weighted by Crippen LogP contribution is 2.51. The summed E-state index contributed by atoms with van der Waals surface area (Å²) in [5, 5.41) is 3.39. The van der Waals surface area contributed by atoms with Crippen molar-refractivity contribution in [3.8, 4) is 0 Å². The third-order valence-corrected chi connectivity index (χ3v) is 6.58. The number of amides is 2. The zero-order valence-corrected chi connectivity index (χ0v) is 18.3. The number of hydrogen-bond donors (Lipinski definition) is 1. The Bertz CT molecular complexity index is 1010. The molecule has 2 fully saturated rings. The number of nitrogens with one attached hydrogen (secondary N) is 1. The first-order valence-electron chi connectivity index (χ1n) is 10.7. The minimum absolute atomic E-state index is 0.279. The van der Waals surface area contributed by atoms with Crippen LogP contribution < -0.4 is 10.2 Å². The van der Waals surface area contributed by atoms with Crippen LogP contribution in [0.1, 0.15) is 42.5 Å². The molecule has 6 nitrogen and oxygen atoms in total. The molecule has 1 N–H and O–H groups in total. The van der Waals surface area contributed by atoms with E-state index < -0.39 is 29.4 Å². The van der Waals surface area contributed by atoms with Crippen molar-refractivity contribution in [2.45, 2.75) is 45.2 Å². The lowest BCUT2D eigenvalue weighted by Crippen LogP contribution is -2.56. The van der Waals surface area contributed by atoms with E-state index in [1.807, 2.05) is 57.2 Å². The second kappa shape index (κ2) is 7.93. The van der Waals surface area contributed by atoms with Crippen LogP contribution in [0.15, 0.2) is 48.5 Å². The van der Waals surface area contributed by atoms with Crippen molar-refractivity contribution < 1.29 is 19.1 Å². The molecule has 6 heteroatoms. The molecule has 2 heterocycles. The number of hydrogen-bond acceptors (Lipinski definition) is 5. The molecule has 0 spiro atoms. The fourth-order valence-corrected chi connectivity index (χ4v) is 5.11. The number of ether oxygens (including phenoxy) is 1. The van der Waals surface area contributed by atoms with E-state index in [9.17, 15) is 14.4 Å². The zero-order chi connectivity index (χ0) is 22.3. The molecule has 2 amide bonds. The molecular formula is C25H28N2O4. The summed E-state index contributed by atoms with van der Waals surface area (Å²) in [7, 11) is 1.33. The SMILES string of the molecule is CCC[C@]1(C(=O)OC)N[C@H](c2ccc(C)cc2)[C@H]2C(=O)N(c3ccc(C)cc3)C(=O)[C@H]21. The summed E-state index contributed by atoms with van der Waals surface area (Å²) in [5.74, 6) is -2.62. The molecule has 2 aliphatic heterocycles. The minimum atomic E-state index is -1.24. The van der Waals surface area contributed by atoms with Crippen molar-refractivity contribution >= 4 is 23.5 Å². The largest absolute Gasteiger partial charge is 0.468 e. The summed E-state index contributed by atoms with van der Waals surface area (Å²) < 4.78 is 5.16. The Balaban J connectivity index is 1.85. The molecule has 0 aliphatic carbocycles. The van der Waals surface area contributed by atoms with Gasteiger partial charge in [0.15, 0.2) is 0 Å². The topological polar surface area (TPSA) is 75.7 Å². The van der Waals surface area contributed by atoms with Gasteiger partial charge in [-0.3, -0.25) is 19.7 Å². The predicted molar refractivity (Wildman–Crippen MR) is 117 cm³/mol. The number of anilines is 1. The quantitative estimate of drug-likeness (QED) is 0.592. The average Bonchev–Trinajstić information content (AvgIpc) is 3.24. The number of methoxy groups -OCH3 is 1. The smallest absolute Gasteiger partial charge is 0.326 e. The van der Waals surface area contributed by atoms with Gasteiger partial charge in [-0.15, -0.1) is 0 Å². The predicted octanol–water partition coefficient (Wildman–Crippen LogP) is 3.47. The normalized spacial score (nSPS) is 27.5. The van der Waals surface area contributed by atoms with Crippen LogP contribution in [-0.4, -0.2) is 30.4 Å². The molecule has 2 aromatic rings. The number of rotatable bonds is 5. The fraction of sp³-hybridized carbons (Fsp3) is 0.400. The van der Waals surface area contributed by atoms with Crippen molar-refractivity contribution in [3.05, 3.63) is 65.2 Å². The maximum Gasteiger partial charge on any atom is 0.326 e. The summed E-state index contributed by atoms with van der Waals surface area (Å²) in [6, 6.07) is 14.7. The molecule has 0 unspecified atom stereocenters. The minimum Gasteiger partial charge on any atom is -0.468 e. The van der Waals surface area contributed by atoms with E-state index in [0.717, 1.165) is 16.7 Å². The van der Waals surface area contributed by atoms with E-state index in [4.69, 9.17) is 4.74 Å². The van der Waals surface area contributed by atoms with Gasteiger partial charge in [-0.05, 0) is 38.0 Å². The first-order chi connectivity index (χ1) is 14.8. The Hall–Kier alpha value is -2.99. The average molecular weight is 421 g/mol. The summed E-state index contributed by atoms with van der Waals surface area (Å²) in [5.41, 5.74) is 2.32. The highest BCUT2D eigenvalue weighted by atomic mass is 16.5. The molecule has 2 aliphatic rings. The maximum atomic E-state index is 13.7. The second-order valence-electron chi connectivity index (χ2n) is 8.60. The Morgan fingerprint density at radius 2 is 1.58 bits per heavy atom. The van der Waals surface area contributed by atoms with Crippen LogP contribution in [0, 0.1) is 25.7 Å². The molecule has 4 atom stereocenters. The second-order valence-corrected chi connectivity index (χ2v) is 8.60. The highest BCUT2D eigenvalue weighted by molar-refractivity contribution is 6.24. The maximum absolute atomic E-state index is 13.7. The van der Waals surface area contributed by atoms with Gasteiger partial charge < -0.3 is 4.74 Å². The standard InChI is InChI=1S/C25H28N2O4/c1-5-14-25(24(30)31-4)20-19(21(26-25)17-10-6-15(2)7-11-17)22(28)27(23(20)29)18-12-8-16(3)9-13-18/h6-13,19-21,26H,5,14H2,1-4H3/t19-,20-,21+,25-/m0/s1. The lowest BCUT2D eigenvalue weighted by atomic mass is 9.77. The number of imide groups is 1. The summed E-state index contributed by atoms with van der Waals surface area (Å²) in [6.07, 6.45) is 1.07. The van der Waals surface area contributed by atoms with Gasteiger partial charge in [0.2, 0.25) is 11.8 Å². The van der Waals surface area contributed by atoms with Crippen molar-refractivity contribution in [3.63, 3.8) is 0 Å². The summed E-state index contributed by atoms with van der Waals surface area (Å²) in [6.45, 7) is 5.90. The van der Waals surface area contributed by atoms with Gasteiger partial charge in [0.25, 0.3) is 0 Å². The zero-order valence-electron chi connectivity index (χ0n) is 18.3. The molecule has 2 aromatic carbocycles. The first kappa shape index (κ1) is 21.2. The molecule has 0 radical (unpaired) electrons. The number of carbonyl (C=O) groups is 3. The van der Waals surface area contributed by atoms with Crippen molar-refractivity contribution in [1.82, 2.24) is 5.32 Å². The van der Waals surface area contributed by atoms with Gasteiger partial charge in [0.1, 0.15) is 5.54 Å². The van der Waals surface area contributed by atoms with Gasteiger partial charge in [-0.2, -0.15) is 0 Å². The van der Waals surface area contributed by atoms with Gasteiger partial charge in [0, 0.05) is 6.04 Å². The number of fused-ring (bicyclic) bond motifs is 1. The molecule has 0 aromatic heterocycles.